The average Bonchev–Trinajstić information content (AvgIpc) is 2.41. The Morgan fingerprint density at radius 1 is 1.17 bits per heavy atom. The van der Waals surface area contributed by atoms with Crippen molar-refractivity contribution in [3.8, 4) is 0 Å². The molecule has 1 atom stereocenters. The second kappa shape index (κ2) is 5.93. The van der Waals surface area contributed by atoms with E-state index < -0.39 is 0 Å². The van der Waals surface area contributed by atoms with E-state index in [1.165, 1.54) is 5.56 Å². The number of fused-ring (bicyclic) bond motifs is 1. The van der Waals surface area contributed by atoms with Gasteiger partial charge in [-0.05, 0) is 17.7 Å². The van der Waals surface area contributed by atoms with Crippen molar-refractivity contribution in [3.63, 3.8) is 0 Å². The minimum Gasteiger partial charge on any atom is -0.314 e. The van der Waals surface area contributed by atoms with E-state index in [4.69, 9.17) is 11.8 Å². The van der Waals surface area contributed by atoms with Gasteiger partial charge in [-0.15, -0.1) is 12.4 Å². The Balaban J connectivity index is 0.00000120. The van der Waals surface area contributed by atoms with E-state index in [1.807, 2.05) is 12.3 Å². The zero-order valence-corrected chi connectivity index (χ0v) is 11.6. The van der Waals surface area contributed by atoms with Gasteiger partial charge >= 0.3 is 0 Å². The summed E-state index contributed by atoms with van der Waals surface area (Å²) in [6.45, 7) is 4.31. The number of benzene rings is 1. The van der Waals surface area contributed by atoms with E-state index in [-0.39, 0.29) is 12.4 Å². The maximum atomic E-state index is 6.17. The molecule has 98 valence electrons. The first-order valence-electron chi connectivity index (χ1n) is 6.03. The summed E-state index contributed by atoms with van der Waals surface area (Å²) in [6.07, 6.45) is 4.14. The van der Waals surface area contributed by atoms with Crippen molar-refractivity contribution >= 4 is 29.9 Å². The molecule has 2 aliphatic rings. The quantitative estimate of drug-likeness (QED) is 0.800. The van der Waals surface area contributed by atoms with Gasteiger partial charge in [-0.25, -0.2) is 0 Å². The van der Waals surface area contributed by atoms with Crippen LogP contribution in [0.2, 0.25) is 0 Å². The smallest absolute Gasteiger partial charge is 0.0625 e. The van der Waals surface area contributed by atoms with E-state index >= 15 is 0 Å². The fraction of sp³-hybridized carbons (Fsp3) is 0.385. The molecule has 0 saturated carbocycles. The van der Waals surface area contributed by atoms with Crippen LogP contribution in [0, 0.1) is 0 Å². The molecule has 5 heteroatoms. The van der Waals surface area contributed by atoms with Gasteiger partial charge in [0, 0.05) is 44.2 Å². The Kier molecular flexibility index (Phi) is 4.51. The highest BCUT2D eigenvalue weighted by Crippen LogP contribution is 2.36. The molecule has 3 nitrogen and oxygen atoms in total. The molecule has 0 aromatic heterocycles. The number of hydrogen-bond acceptors (Lipinski definition) is 3. The molecule has 0 amide bonds. The van der Waals surface area contributed by atoms with E-state index in [0.717, 1.165) is 31.9 Å². The maximum Gasteiger partial charge on any atom is 0.0625 e. The van der Waals surface area contributed by atoms with Gasteiger partial charge in [0.15, 0.2) is 0 Å². The van der Waals surface area contributed by atoms with Crippen LogP contribution in [-0.2, 0) is 0 Å². The van der Waals surface area contributed by atoms with Gasteiger partial charge in [0.05, 0.1) is 11.7 Å². The van der Waals surface area contributed by atoms with Gasteiger partial charge < -0.3 is 5.32 Å². The molecule has 1 aromatic rings. The van der Waals surface area contributed by atoms with Crippen LogP contribution in [0.3, 0.4) is 0 Å². The molecule has 2 heterocycles. The van der Waals surface area contributed by atoms with E-state index in [2.05, 4.69) is 34.5 Å². The Labute approximate surface area is 119 Å². The van der Waals surface area contributed by atoms with E-state index in [9.17, 15) is 0 Å². The van der Waals surface area contributed by atoms with Crippen LogP contribution in [0.4, 0.5) is 5.69 Å². The monoisotopic (exact) mass is 285 g/mol. The van der Waals surface area contributed by atoms with Crippen molar-refractivity contribution in [1.82, 2.24) is 10.2 Å². The van der Waals surface area contributed by atoms with Gasteiger partial charge in [0.2, 0.25) is 0 Å². The largest absolute Gasteiger partial charge is 0.314 e. The molecule has 18 heavy (non-hydrogen) atoms. The molecule has 1 aromatic carbocycles. The first kappa shape index (κ1) is 13.7. The fourth-order valence-corrected chi connectivity index (χ4v) is 2.77. The van der Waals surface area contributed by atoms with Crippen LogP contribution < -0.4 is 9.74 Å². The molecule has 1 unspecified atom stereocenters. The number of hydrogen-bond donors (Lipinski definition) is 1. The summed E-state index contributed by atoms with van der Waals surface area (Å²) in [5.74, 6) is 0. The molecule has 1 N–H and O–H groups in total. The van der Waals surface area contributed by atoms with Gasteiger partial charge in [-0.2, -0.15) is 0 Å². The van der Waals surface area contributed by atoms with Crippen LogP contribution in [0.1, 0.15) is 11.6 Å². The van der Waals surface area contributed by atoms with Gasteiger partial charge in [-0.1, -0.05) is 18.2 Å². The summed E-state index contributed by atoms with van der Waals surface area (Å²) >= 11 is 6.17. The van der Waals surface area contributed by atoms with Crippen molar-refractivity contribution in [2.75, 3.05) is 30.6 Å². The van der Waals surface area contributed by atoms with Crippen LogP contribution in [0.15, 0.2) is 36.5 Å². The maximum absolute atomic E-state index is 6.17. The molecule has 0 radical (unpaired) electrons. The number of rotatable bonds is 1. The molecule has 3 rings (SSSR count). The van der Waals surface area contributed by atoms with Crippen LogP contribution in [0.5, 0.6) is 0 Å². The van der Waals surface area contributed by atoms with Crippen LogP contribution in [0.25, 0.3) is 0 Å². The summed E-state index contributed by atoms with van der Waals surface area (Å²) in [5, 5.41) is 3.38. The SMILES string of the molecule is Cl.ClN1C=CC(N2CCNCC2)c2ccccc21. The van der Waals surface area contributed by atoms with E-state index in [0.29, 0.717) is 6.04 Å². The molecule has 2 aliphatic heterocycles. The van der Waals surface area contributed by atoms with Crippen molar-refractivity contribution in [2.24, 2.45) is 0 Å². The fourth-order valence-electron chi connectivity index (χ4n) is 2.55. The van der Waals surface area contributed by atoms with Crippen molar-refractivity contribution in [1.29, 1.82) is 0 Å². The summed E-state index contributed by atoms with van der Waals surface area (Å²) in [5.41, 5.74) is 2.40. The van der Waals surface area contributed by atoms with Crippen LogP contribution >= 0.6 is 24.2 Å². The number of nitrogens with zero attached hydrogens (tertiary/aromatic N) is 2. The van der Waals surface area contributed by atoms with Gasteiger partial charge in [0.25, 0.3) is 0 Å². The minimum absolute atomic E-state index is 0. The number of piperazine rings is 1. The first-order chi connectivity index (χ1) is 8.36. The van der Waals surface area contributed by atoms with Crippen molar-refractivity contribution < 1.29 is 0 Å². The van der Waals surface area contributed by atoms with Gasteiger partial charge in [-0.3, -0.25) is 9.32 Å². The lowest BCUT2D eigenvalue weighted by Crippen LogP contribution is -2.45. The third kappa shape index (κ3) is 2.50. The zero-order chi connectivity index (χ0) is 11.7. The standard InChI is InChI=1S/C13H16ClN3.ClH/c14-17-8-5-12(16-9-6-15-7-10-16)11-3-1-2-4-13(11)17;/h1-5,8,12,15H,6-7,9-10H2;1H. The lowest BCUT2D eigenvalue weighted by Gasteiger charge is -2.37. The number of nitrogens with one attached hydrogen (secondary N) is 1. The molecule has 0 bridgehead atoms. The lowest BCUT2D eigenvalue weighted by atomic mass is 10.00. The zero-order valence-electron chi connectivity index (χ0n) is 10.1. The average molecular weight is 286 g/mol. The molecule has 0 spiro atoms. The topological polar surface area (TPSA) is 18.5 Å². The number of anilines is 1. The van der Waals surface area contributed by atoms with Crippen LogP contribution in [-0.4, -0.2) is 31.1 Å². The normalized spacial score (nSPS) is 23.4. The summed E-state index contributed by atoms with van der Waals surface area (Å²) in [7, 11) is 0. The lowest BCUT2D eigenvalue weighted by molar-refractivity contribution is 0.202. The highest BCUT2D eigenvalue weighted by Gasteiger charge is 2.25. The third-order valence-corrected chi connectivity index (χ3v) is 3.72. The van der Waals surface area contributed by atoms with Gasteiger partial charge in [0.1, 0.15) is 0 Å². The minimum atomic E-state index is 0. The Hall–Kier alpha value is -0.740. The van der Waals surface area contributed by atoms with E-state index in [1.54, 1.807) is 4.42 Å². The molecule has 1 saturated heterocycles. The summed E-state index contributed by atoms with van der Waals surface area (Å²) < 4.78 is 1.67. The highest BCUT2D eigenvalue weighted by molar-refractivity contribution is 6.27. The third-order valence-electron chi connectivity index (χ3n) is 3.43. The highest BCUT2D eigenvalue weighted by atomic mass is 35.5. The Bertz CT molecular complexity index is 430. The molecular weight excluding hydrogens is 269 g/mol. The molecular formula is C13H17Cl2N3. The predicted octanol–water partition coefficient (Wildman–Crippen LogP) is 2.54. The first-order valence-corrected chi connectivity index (χ1v) is 6.37. The predicted molar refractivity (Wildman–Crippen MR) is 78.3 cm³/mol. The number of halogens is 2. The molecule has 1 fully saturated rings. The summed E-state index contributed by atoms with van der Waals surface area (Å²) in [6, 6.07) is 8.71. The Morgan fingerprint density at radius 3 is 2.67 bits per heavy atom. The number of para-hydroxylation sites is 1. The van der Waals surface area contributed by atoms with Crippen molar-refractivity contribution in [3.05, 3.63) is 42.1 Å². The Morgan fingerprint density at radius 2 is 1.89 bits per heavy atom. The molecule has 0 aliphatic carbocycles. The second-order valence-corrected chi connectivity index (χ2v) is 4.81. The summed E-state index contributed by atoms with van der Waals surface area (Å²) in [4.78, 5) is 2.50. The second-order valence-electron chi connectivity index (χ2n) is 4.44. The van der Waals surface area contributed by atoms with Crippen molar-refractivity contribution in [2.45, 2.75) is 6.04 Å².